The third kappa shape index (κ3) is 5.78. The molecular formula is C27H34N2O5. The molecule has 1 N–H and O–H groups in total. The molecular weight excluding hydrogens is 432 g/mol. The van der Waals surface area contributed by atoms with Crippen LogP contribution in [0.15, 0.2) is 54.1 Å². The Morgan fingerprint density at radius 3 is 2.15 bits per heavy atom. The molecule has 1 saturated heterocycles. The summed E-state index contributed by atoms with van der Waals surface area (Å²) in [5.74, 6) is 0.281. The monoisotopic (exact) mass is 466 g/mol. The molecule has 1 aliphatic rings. The zero-order chi connectivity index (χ0) is 24.8. The highest BCUT2D eigenvalue weighted by molar-refractivity contribution is 6.46. The van der Waals surface area contributed by atoms with Gasteiger partial charge in [0.05, 0.1) is 24.8 Å². The van der Waals surface area contributed by atoms with Crippen molar-refractivity contribution in [3.05, 3.63) is 65.2 Å². The minimum absolute atomic E-state index is 0.0868. The van der Waals surface area contributed by atoms with Crippen molar-refractivity contribution in [2.45, 2.75) is 26.8 Å². The normalized spacial score (nSPS) is 17.6. The van der Waals surface area contributed by atoms with E-state index in [1.165, 1.54) is 4.90 Å². The topological polar surface area (TPSA) is 79.3 Å². The molecule has 1 aliphatic heterocycles. The zero-order valence-corrected chi connectivity index (χ0v) is 20.6. The van der Waals surface area contributed by atoms with Crippen molar-refractivity contribution < 1.29 is 24.2 Å². The Balaban J connectivity index is 2.01. The quantitative estimate of drug-likeness (QED) is 0.323. The van der Waals surface area contributed by atoms with Gasteiger partial charge in [-0.3, -0.25) is 9.59 Å². The maximum Gasteiger partial charge on any atom is 0.295 e. The van der Waals surface area contributed by atoms with Crippen LogP contribution in [0.25, 0.3) is 5.76 Å². The number of aliphatic hydroxyl groups excluding tert-OH is 1. The lowest BCUT2D eigenvalue weighted by Crippen LogP contribution is -2.35. The molecule has 2 aromatic rings. The number of likely N-dealkylation sites (N-methyl/N-ethyl adjacent to an activating group) is 1. The predicted octanol–water partition coefficient (Wildman–Crippen LogP) is 4.10. The van der Waals surface area contributed by atoms with Crippen LogP contribution in [0.2, 0.25) is 0 Å². The van der Waals surface area contributed by atoms with E-state index in [1.807, 2.05) is 50.2 Å². The van der Waals surface area contributed by atoms with Crippen molar-refractivity contribution in [1.29, 1.82) is 0 Å². The van der Waals surface area contributed by atoms with Gasteiger partial charge >= 0.3 is 0 Å². The van der Waals surface area contributed by atoms with Crippen LogP contribution >= 0.6 is 0 Å². The molecule has 34 heavy (non-hydrogen) atoms. The van der Waals surface area contributed by atoms with E-state index in [0.29, 0.717) is 49.3 Å². The highest BCUT2D eigenvalue weighted by Gasteiger charge is 2.45. The van der Waals surface area contributed by atoms with Gasteiger partial charge in [0.1, 0.15) is 17.3 Å². The molecule has 182 valence electrons. The number of nitrogens with zero attached hydrogens (tertiary/aromatic N) is 2. The van der Waals surface area contributed by atoms with Crippen LogP contribution in [-0.4, -0.2) is 67.0 Å². The van der Waals surface area contributed by atoms with Gasteiger partial charge < -0.3 is 24.4 Å². The van der Waals surface area contributed by atoms with Crippen LogP contribution < -0.4 is 9.47 Å². The third-order valence-corrected chi connectivity index (χ3v) is 5.55. The standard InChI is InChI=1S/C27H34N2O5/c1-6-33-21-11-7-19(8-12-21)24-23(26(31)27(32)29(24)16-15-28(4)5)25(30)20-9-13-22(14-10-20)34-17-18(2)3/h7-14,18,24,30H,6,15-17H2,1-5H3/b25-23-. The minimum atomic E-state index is -0.688. The lowest BCUT2D eigenvalue weighted by atomic mass is 9.95. The average Bonchev–Trinajstić information content (AvgIpc) is 3.06. The van der Waals surface area contributed by atoms with Gasteiger partial charge in [-0.1, -0.05) is 26.0 Å². The first-order valence-corrected chi connectivity index (χ1v) is 11.6. The maximum absolute atomic E-state index is 13.1. The van der Waals surface area contributed by atoms with Crippen molar-refractivity contribution in [1.82, 2.24) is 9.80 Å². The smallest absolute Gasteiger partial charge is 0.295 e. The summed E-state index contributed by atoms with van der Waals surface area (Å²) in [6.45, 7) is 8.10. The molecule has 7 nitrogen and oxygen atoms in total. The molecule has 1 fully saturated rings. The number of carbonyl (C=O) groups excluding carboxylic acids is 2. The molecule has 2 aromatic carbocycles. The Hall–Kier alpha value is -3.32. The van der Waals surface area contributed by atoms with Crippen molar-refractivity contribution >= 4 is 17.4 Å². The number of benzene rings is 2. The number of hydrogen-bond acceptors (Lipinski definition) is 6. The van der Waals surface area contributed by atoms with Crippen LogP contribution in [0, 0.1) is 5.92 Å². The number of ether oxygens (including phenoxy) is 2. The lowest BCUT2D eigenvalue weighted by Gasteiger charge is -2.26. The first-order valence-electron chi connectivity index (χ1n) is 11.6. The molecule has 0 spiro atoms. The van der Waals surface area contributed by atoms with Crippen LogP contribution in [-0.2, 0) is 9.59 Å². The number of likely N-dealkylation sites (tertiary alicyclic amines) is 1. The molecule has 3 rings (SSSR count). The fourth-order valence-corrected chi connectivity index (χ4v) is 3.81. The van der Waals surface area contributed by atoms with Crippen molar-refractivity contribution in [2.75, 3.05) is 40.4 Å². The summed E-state index contributed by atoms with van der Waals surface area (Å²) in [4.78, 5) is 29.6. The average molecular weight is 467 g/mol. The second kappa shape index (κ2) is 11.2. The zero-order valence-electron chi connectivity index (χ0n) is 20.6. The van der Waals surface area contributed by atoms with Gasteiger partial charge in [0.25, 0.3) is 11.7 Å². The van der Waals surface area contributed by atoms with Gasteiger partial charge in [0.15, 0.2) is 0 Å². The number of carbonyl (C=O) groups is 2. The van der Waals surface area contributed by atoms with Crippen LogP contribution in [0.5, 0.6) is 11.5 Å². The van der Waals surface area contributed by atoms with E-state index in [0.717, 1.165) is 5.56 Å². The van der Waals surface area contributed by atoms with Gasteiger partial charge in [-0.2, -0.15) is 0 Å². The maximum atomic E-state index is 13.1. The third-order valence-electron chi connectivity index (χ3n) is 5.55. The Bertz CT molecular complexity index is 1030. The van der Waals surface area contributed by atoms with Crippen LogP contribution in [0.1, 0.15) is 37.9 Å². The fourth-order valence-electron chi connectivity index (χ4n) is 3.81. The second-order valence-corrected chi connectivity index (χ2v) is 9.03. The fraction of sp³-hybridized carbons (Fsp3) is 0.407. The van der Waals surface area contributed by atoms with Gasteiger partial charge in [-0.25, -0.2) is 0 Å². The summed E-state index contributed by atoms with van der Waals surface area (Å²) in [5, 5.41) is 11.2. The largest absolute Gasteiger partial charge is 0.507 e. The van der Waals surface area contributed by atoms with E-state index in [4.69, 9.17) is 9.47 Å². The second-order valence-electron chi connectivity index (χ2n) is 9.03. The molecule has 0 radical (unpaired) electrons. The van der Waals surface area contributed by atoms with Crippen molar-refractivity contribution in [3.63, 3.8) is 0 Å². The molecule has 1 heterocycles. The molecule has 1 atom stereocenters. The molecule has 0 aliphatic carbocycles. The molecule has 7 heteroatoms. The first-order chi connectivity index (χ1) is 16.2. The summed E-state index contributed by atoms with van der Waals surface area (Å²) >= 11 is 0. The number of hydrogen-bond donors (Lipinski definition) is 1. The van der Waals surface area contributed by atoms with Gasteiger partial charge in [-0.15, -0.1) is 0 Å². The number of ketones is 1. The van der Waals surface area contributed by atoms with Crippen molar-refractivity contribution in [3.8, 4) is 11.5 Å². The number of Topliss-reactive ketones (excluding diaryl/α,β-unsaturated/α-hetero) is 1. The number of rotatable bonds is 10. The van der Waals surface area contributed by atoms with E-state index in [1.54, 1.807) is 24.3 Å². The molecule has 1 unspecified atom stereocenters. The summed E-state index contributed by atoms with van der Waals surface area (Å²) in [5.41, 5.74) is 1.28. The Kier molecular flexibility index (Phi) is 8.34. The van der Waals surface area contributed by atoms with Gasteiger partial charge in [0, 0.05) is 18.7 Å². The minimum Gasteiger partial charge on any atom is -0.507 e. The summed E-state index contributed by atoms with van der Waals surface area (Å²) in [6.07, 6.45) is 0. The van der Waals surface area contributed by atoms with E-state index in [2.05, 4.69) is 13.8 Å². The number of amides is 1. The van der Waals surface area contributed by atoms with Gasteiger partial charge in [0.2, 0.25) is 0 Å². The van der Waals surface area contributed by atoms with Crippen molar-refractivity contribution in [2.24, 2.45) is 5.92 Å². The van der Waals surface area contributed by atoms with Crippen LogP contribution in [0.4, 0.5) is 0 Å². The van der Waals surface area contributed by atoms with Crippen LogP contribution in [0.3, 0.4) is 0 Å². The molecule has 0 aromatic heterocycles. The molecule has 1 amide bonds. The van der Waals surface area contributed by atoms with E-state index < -0.39 is 17.7 Å². The Morgan fingerprint density at radius 1 is 1.00 bits per heavy atom. The first kappa shape index (κ1) is 25.3. The van der Waals surface area contributed by atoms with E-state index in [-0.39, 0.29) is 11.3 Å². The Morgan fingerprint density at radius 2 is 1.59 bits per heavy atom. The number of aliphatic hydroxyl groups is 1. The Labute approximate surface area is 201 Å². The highest BCUT2D eigenvalue weighted by atomic mass is 16.5. The highest BCUT2D eigenvalue weighted by Crippen LogP contribution is 2.39. The summed E-state index contributed by atoms with van der Waals surface area (Å²) in [6, 6.07) is 13.5. The summed E-state index contributed by atoms with van der Waals surface area (Å²) < 4.78 is 11.2. The molecule has 0 bridgehead atoms. The van der Waals surface area contributed by atoms with E-state index >= 15 is 0 Å². The van der Waals surface area contributed by atoms with E-state index in [9.17, 15) is 14.7 Å². The lowest BCUT2D eigenvalue weighted by molar-refractivity contribution is -0.140. The molecule has 0 saturated carbocycles. The van der Waals surface area contributed by atoms with Gasteiger partial charge in [-0.05, 0) is 68.9 Å². The SMILES string of the molecule is CCOc1ccc(C2/C(=C(/O)c3ccc(OCC(C)C)cc3)C(=O)C(=O)N2CCN(C)C)cc1. The summed E-state index contributed by atoms with van der Waals surface area (Å²) in [7, 11) is 3.82. The predicted molar refractivity (Wildman–Crippen MR) is 132 cm³/mol.